The average Bonchev–Trinajstić information content (AvgIpc) is 3.07. The van der Waals surface area contributed by atoms with Crippen molar-refractivity contribution in [1.29, 1.82) is 0 Å². The van der Waals surface area contributed by atoms with Crippen LogP contribution >= 0.6 is 0 Å². The Morgan fingerprint density at radius 1 is 1.12 bits per heavy atom. The van der Waals surface area contributed by atoms with Crippen molar-refractivity contribution < 1.29 is 18.8 Å². The molecule has 0 aliphatic carbocycles. The summed E-state index contributed by atoms with van der Waals surface area (Å²) in [5, 5.41) is 2.96. The molecule has 3 aromatic rings. The van der Waals surface area contributed by atoms with Gasteiger partial charge in [0.15, 0.2) is 12.1 Å². The second kappa shape index (κ2) is 7.04. The van der Waals surface area contributed by atoms with Crippen LogP contribution in [0.2, 0.25) is 0 Å². The van der Waals surface area contributed by atoms with Crippen LogP contribution in [0.5, 0.6) is 0 Å². The van der Waals surface area contributed by atoms with Crippen LogP contribution in [0.3, 0.4) is 0 Å². The maximum atomic E-state index is 12.3. The van der Waals surface area contributed by atoms with Gasteiger partial charge in [0, 0.05) is 11.3 Å². The number of amides is 1. The average molecular weight is 338 g/mol. The largest absolute Gasteiger partial charge is 0.436 e. The van der Waals surface area contributed by atoms with Crippen LogP contribution in [0.25, 0.3) is 22.6 Å². The predicted molar refractivity (Wildman–Crippen MR) is 94.5 cm³/mol. The highest BCUT2D eigenvalue weighted by Gasteiger charge is 2.18. The van der Waals surface area contributed by atoms with E-state index < -0.39 is 0 Å². The molecule has 2 aromatic carbocycles. The first kappa shape index (κ1) is 15.8. The third kappa shape index (κ3) is 3.70. The lowest BCUT2D eigenvalue weighted by Crippen LogP contribution is -3.15. The van der Waals surface area contributed by atoms with Crippen LogP contribution in [0.15, 0.2) is 52.9 Å². The maximum absolute atomic E-state index is 12.3. The van der Waals surface area contributed by atoms with E-state index >= 15 is 0 Å². The lowest BCUT2D eigenvalue weighted by atomic mass is 10.2. The van der Waals surface area contributed by atoms with Gasteiger partial charge in [-0.25, -0.2) is 4.98 Å². The number of carbonyl (C=O) groups excluding carboxylic acids is 1. The van der Waals surface area contributed by atoms with Crippen molar-refractivity contribution in [2.75, 3.05) is 38.2 Å². The highest BCUT2D eigenvalue weighted by atomic mass is 16.5. The zero-order chi connectivity index (χ0) is 17.1. The van der Waals surface area contributed by atoms with Crippen LogP contribution in [0.1, 0.15) is 0 Å². The summed E-state index contributed by atoms with van der Waals surface area (Å²) < 4.78 is 11.1. The van der Waals surface area contributed by atoms with Gasteiger partial charge in [-0.15, -0.1) is 0 Å². The number of quaternary nitrogens is 1. The van der Waals surface area contributed by atoms with Gasteiger partial charge in [0.05, 0.1) is 13.2 Å². The number of rotatable bonds is 4. The zero-order valence-corrected chi connectivity index (χ0v) is 13.8. The Morgan fingerprint density at radius 2 is 1.96 bits per heavy atom. The van der Waals surface area contributed by atoms with E-state index in [9.17, 15) is 4.79 Å². The first-order chi connectivity index (χ1) is 12.3. The fraction of sp³-hybridized carbons (Fsp3) is 0.263. The van der Waals surface area contributed by atoms with Gasteiger partial charge in [-0.3, -0.25) is 4.79 Å². The van der Waals surface area contributed by atoms with Crippen LogP contribution in [-0.2, 0) is 9.53 Å². The Hall–Kier alpha value is -2.70. The normalized spacial score (nSPS) is 15.4. The third-order valence-corrected chi connectivity index (χ3v) is 4.30. The molecule has 2 N–H and O–H groups in total. The Kier molecular flexibility index (Phi) is 4.45. The van der Waals surface area contributed by atoms with Crippen molar-refractivity contribution in [3.05, 3.63) is 48.5 Å². The van der Waals surface area contributed by atoms with E-state index in [0.717, 1.165) is 48.7 Å². The number of benzene rings is 2. The molecule has 25 heavy (non-hydrogen) atoms. The summed E-state index contributed by atoms with van der Waals surface area (Å²) in [5.74, 6) is 0.558. The number of hydrogen-bond donors (Lipinski definition) is 2. The number of oxazole rings is 1. The molecule has 0 saturated carbocycles. The molecule has 0 radical (unpaired) electrons. The smallest absolute Gasteiger partial charge is 0.279 e. The third-order valence-electron chi connectivity index (χ3n) is 4.30. The monoisotopic (exact) mass is 338 g/mol. The number of para-hydroxylation sites is 2. The molecule has 1 fully saturated rings. The molecule has 4 rings (SSSR count). The Labute approximate surface area is 145 Å². The quantitative estimate of drug-likeness (QED) is 0.753. The highest BCUT2D eigenvalue weighted by Crippen LogP contribution is 2.25. The summed E-state index contributed by atoms with van der Waals surface area (Å²) >= 11 is 0. The van der Waals surface area contributed by atoms with Crippen molar-refractivity contribution >= 4 is 22.7 Å². The fourth-order valence-corrected chi connectivity index (χ4v) is 2.99. The SMILES string of the molecule is O=C(C[NH+]1CCOCC1)Nc1cccc(-c2nc3ccccc3o2)c1. The minimum atomic E-state index is 0.00613. The number of fused-ring (bicyclic) bond motifs is 1. The highest BCUT2D eigenvalue weighted by molar-refractivity contribution is 5.92. The van der Waals surface area contributed by atoms with Crippen molar-refractivity contribution in [1.82, 2.24) is 4.98 Å². The number of aromatic nitrogens is 1. The molecule has 6 nitrogen and oxygen atoms in total. The van der Waals surface area contributed by atoms with E-state index in [1.54, 1.807) is 0 Å². The van der Waals surface area contributed by atoms with E-state index in [1.807, 2.05) is 48.5 Å². The van der Waals surface area contributed by atoms with Crippen molar-refractivity contribution in [3.63, 3.8) is 0 Å². The molecule has 0 unspecified atom stereocenters. The molecule has 1 amide bonds. The number of nitrogens with one attached hydrogen (secondary N) is 2. The van der Waals surface area contributed by atoms with Gasteiger partial charge in [-0.2, -0.15) is 0 Å². The maximum Gasteiger partial charge on any atom is 0.279 e. The second-order valence-electron chi connectivity index (χ2n) is 6.15. The number of carbonyl (C=O) groups is 1. The number of hydrogen-bond acceptors (Lipinski definition) is 4. The molecule has 0 bridgehead atoms. The molecule has 1 aliphatic heterocycles. The molecule has 1 aliphatic rings. The second-order valence-corrected chi connectivity index (χ2v) is 6.15. The van der Waals surface area contributed by atoms with E-state index in [-0.39, 0.29) is 5.91 Å². The van der Waals surface area contributed by atoms with Crippen molar-refractivity contribution in [3.8, 4) is 11.5 Å². The fourth-order valence-electron chi connectivity index (χ4n) is 2.99. The van der Waals surface area contributed by atoms with Gasteiger partial charge in [0.25, 0.3) is 5.91 Å². The molecular formula is C19H20N3O3+. The van der Waals surface area contributed by atoms with Gasteiger partial charge < -0.3 is 19.4 Å². The molecule has 128 valence electrons. The number of ether oxygens (including phenoxy) is 1. The van der Waals surface area contributed by atoms with Crippen LogP contribution in [0, 0.1) is 0 Å². The van der Waals surface area contributed by atoms with Gasteiger partial charge in [-0.05, 0) is 30.3 Å². The summed E-state index contributed by atoms with van der Waals surface area (Å²) in [5.41, 5.74) is 3.16. The van der Waals surface area contributed by atoms with Gasteiger partial charge >= 0.3 is 0 Å². The topological polar surface area (TPSA) is 68.8 Å². The molecule has 2 heterocycles. The standard InChI is InChI=1S/C19H19N3O3/c23-18(13-22-8-10-24-11-9-22)20-15-5-3-4-14(12-15)19-21-16-6-1-2-7-17(16)25-19/h1-7,12H,8-11,13H2,(H,20,23)/p+1. The van der Waals surface area contributed by atoms with Crippen molar-refractivity contribution in [2.45, 2.75) is 0 Å². The van der Waals surface area contributed by atoms with Crippen LogP contribution in [0.4, 0.5) is 5.69 Å². The minimum absolute atomic E-state index is 0.00613. The summed E-state index contributed by atoms with van der Waals surface area (Å²) in [7, 11) is 0. The molecule has 0 atom stereocenters. The first-order valence-corrected chi connectivity index (χ1v) is 8.45. The number of morpholine rings is 1. The van der Waals surface area contributed by atoms with E-state index in [4.69, 9.17) is 9.15 Å². The predicted octanol–water partition coefficient (Wildman–Crippen LogP) is 1.35. The molecule has 1 aromatic heterocycles. The van der Waals surface area contributed by atoms with Gasteiger partial charge in [-0.1, -0.05) is 18.2 Å². The first-order valence-electron chi connectivity index (χ1n) is 8.45. The zero-order valence-electron chi connectivity index (χ0n) is 13.8. The molecule has 6 heteroatoms. The number of anilines is 1. The number of nitrogens with zero attached hydrogens (tertiary/aromatic N) is 1. The van der Waals surface area contributed by atoms with Crippen LogP contribution < -0.4 is 10.2 Å². The Balaban J connectivity index is 1.48. The van der Waals surface area contributed by atoms with Crippen molar-refractivity contribution in [2.24, 2.45) is 0 Å². The minimum Gasteiger partial charge on any atom is -0.436 e. The molecule has 1 saturated heterocycles. The molecular weight excluding hydrogens is 318 g/mol. The van der Waals surface area contributed by atoms with E-state index in [1.165, 1.54) is 4.90 Å². The molecule has 0 spiro atoms. The van der Waals surface area contributed by atoms with Gasteiger partial charge in [0.2, 0.25) is 5.89 Å². The van der Waals surface area contributed by atoms with Crippen LogP contribution in [-0.4, -0.2) is 43.7 Å². The van der Waals surface area contributed by atoms with E-state index in [2.05, 4.69) is 10.3 Å². The summed E-state index contributed by atoms with van der Waals surface area (Å²) in [6.07, 6.45) is 0. The van der Waals surface area contributed by atoms with Gasteiger partial charge in [0.1, 0.15) is 18.6 Å². The lowest BCUT2D eigenvalue weighted by molar-refractivity contribution is -0.899. The Morgan fingerprint density at radius 3 is 2.80 bits per heavy atom. The summed E-state index contributed by atoms with van der Waals surface area (Å²) in [6.45, 7) is 3.63. The Bertz CT molecular complexity index is 851. The summed E-state index contributed by atoms with van der Waals surface area (Å²) in [6, 6.07) is 15.2. The lowest BCUT2D eigenvalue weighted by Gasteiger charge is -2.23. The van der Waals surface area contributed by atoms with E-state index in [0.29, 0.717) is 12.4 Å². The summed E-state index contributed by atoms with van der Waals surface area (Å²) in [4.78, 5) is 18.0.